The van der Waals surface area contributed by atoms with Crippen molar-refractivity contribution in [1.29, 1.82) is 0 Å². The quantitative estimate of drug-likeness (QED) is 0.383. The number of benzene rings is 1. The molecule has 0 spiro atoms. The summed E-state index contributed by atoms with van der Waals surface area (Å²) >= 11 is 0. The Morgan fingerprint density at radius 2 is 1.90 bits per heavy atom. The molecule has 0 radical (unpaired) electrons. The summed E-state index contributed by atoms with van der Waals surface area (Å²) in [6, 6.07) is 4.06. The predicted octanol–water partition coefficient (Wildman–Crippen LogP) is 3.32. The number of carboxylic acid groups (broad SMARTS) is 1. The third-order valence-electron chi connectivity index (χ3n) is 4.25. The topological polar surface area (TPSA) is 106 Å². The summed E-state index contributed by atoms with van der Waals surface area (Å²) in [7, 11) is 0. The molecule has 6 heteroatoms. The Labute approximate surface area is 123 Å². The number of carboxylic acids is 1. The minimum absolute atomic E-state index is 0.00527. The molecule has 2 rings (SSSR count). The normalized spacial score (nSPS) is 17.9. The molecule has 1 unspecified atom stereocenters. The number of non-ortho nitro benzene ring substituents is 1. The average molecular weight is 292 g/mol. The van der Waals surface area contributed by atoms with Gasteiger partial charge in [-0.25, -0.2) is 0 Å². The van der Waals surface area contributed by atoms with Gasteiger partial charge in [-0.05, 0) is 30.4 Å². The molecule has 6 nitrogen and oxygen atoms in total. The lowest BCUT2D eigenvalue weighted by atomic mass is 9.80. The van der Waals surface area contributed by atoms with Gasteiger partial charge in [0.15, 0.2) is 0 Å². The number of rotatable bonds is 4. The summed E-state index contributed by atoms with van der Waals surface area (Å²) < 4.78 is 0. The van der Waals surface area contributed by atoms with Gasteiger partial charge in [-0.3, -0.25) is 14.9 Å². The third-order valence-corrected chi connectivity index (χ3v) is 4.25. The van der Waals surface area contributed by atoms with Gasteiger partial charge in [-0.1, -0.05) is 25.7 Å². The number of nitrogens with two attached hydrogens (primary N) is 1. The molecule has 1 aliphatic rings. The molecule has 0 bridgehead atoms. The summed E-state index contributed by atoms with van der Waals surface area (Å²) in [6.45, 7) is 0. The van der Waals surface area contributed by atoms with E-state index in [1.165, 1.54) is 18.2 Å². The summed E-state index contributed by atoms with van der Waals surface area (Å²) in [5.74, 6) is -1.72. The molecule has 0 aliphatic heterocycles. The SMILES string of the molecule is Nc1ccc([N+](=O)[O-])cc1C(C(=O)O)C1CCCCCC1. The van der Waals surface area contributed by atoms with E-state index in [2.05, 4.69) is 0 Å². The summed E-state index contributed by atoms with van der Waals surface area (Å²) in [4.78, 5) is 22.1. The number of nitrogen functional groups attached to an aromatic ring is 1. The molecule has 1 fully saturated rings. The van der Waals surface area contributed by atoms with Crippen LogP contribution in [0.3, 0.4) is 0 Å². The van der Waals surface area contributed by atoms with E-state index in [0.717, 1.165) is 38.5 Å². The fraction of sp³-hybridized carbons (Fsp3) is 0.533. The van der Waals surface area contributed by atoms with Crippen LogP contribution in [-0.2, 0) is 4.79 Å². The first-order valence-corrected chi connectivity index (χ1v) is 7.27. The first-order valence-electron chi connectivity index (χ1n) is 7.27. The van der Waals surface area contributed by atoms with Crippen LogP contribution in [0.4, 0.5) is 11.4 Å². The van der Waals surface area contributed by atoms with Crippen LogP contribution in [0.1, 0.15) is 50.0 Å². The maximum absolute atomic E-state index is 11.7. The van der Waals surface area contributed by atoms with Crippen LogP contribution in [0, 0.1) is 16.0 Å². The number of hydrogen-bond acceptors (Lipinski definition) is 4. The number of aliphatic carboxylic acids is 1. The minimum Gasteiger partial charge on any atom is -0.481 e. The van der Waals surface area contributed by atoms with Crippen LogP contribution in [0.5, 0.6) is 0 Å². The van der Waals surface area contributed by atoms with Crippen molar-refractivity contribution in [2.45, 2.75) is 44.4 Å². The molecule has 1 atom stereocenters. The maximum Gasteiger partial charge on any atom is 0.311 e. The lowest BCUT2D eigenvalue weighted by Gasteiger charge is -2.24. The molecule has 114 valence electrons. The summed E-state index contributed by atoms with van der Waals surface area (Å²) in [5, 5.41) is 20.5. The fourth-order valence-corrected chi connectivity index (χ4v) is 3.18. The Morgan fingerprint density at radius 3 is 2.43 bits per heavy atom. The van der Waals surface area contributed by atoms with E-state index in [1.807, 2.05) is 0 Å². The van der Waals surface area contributed by atoms with Crippen molar-refractivity contribution in [3.63, 3.8) is 0 Å². The first kappa shape index (κ1) is 15.3. The van der Waals surface area contributed by atoms with Gasteiger partial charge in [0.1, 0.15) is 0 Å². The van der Waals surface area contributed by atoms with E-state index in [0.29, 0.717) is 11.3 Å². The lowest BCUT2D eigenvalue weighted by molar-refractivity contribution is -0.384. The molecule has 1 aliphatic carbocycles. The van der Waals surface area contributed by atoms with Crippen molar-refractivity contribution in [3.8, 4) is 0 Å². The zero-order chi connectivity index (χ0) is 15.4. The second kappa shape index (κ2) is 6.56. The van der Waals surface area contributed by atoms with E-state index >= 15 is 0 Å². The van der Waals surface area contributed by atoms with E-state index < -0.39 is 16.8 Å². The molecule has 1 aromatic rings. The highest BCUT2D eigenvalue weighted by Gasteiger charge is 2.32. The number of carbonyl (C=O) groups is 1. The average Bonchev–Trinajstić information content (AvgIpc) is 2.69. The van der Waals surface area contributed by atoms with Crippen molar-refractivity contribution in [3.05, 3.63) is 33.9 Å². The van der Waals surface area contributed by atoms with Gasteiger partial charge in [-0.15, -0.1) is 0 Å². The smallest absolute Gasteiger partial charge is 0.311 e. The first-order chi connectivity index (χ1) is 10.0. The molecule has 0 amide bonds. The Balaban J connectivity index is 2.39. The van der Waals surface area contributed by atoms with Crippen molar-refractivity contribution in [1.82, 2.24) is 0 Å². The van der Waals surface area contributed by atoms with Crippen molar-refractivity contribution >= 4 is 17.3 Å². The zero-order valence-corrected chi connectivity index (χ0v) is 11.8. The van der Waals surface area contributed by atoms with Crippen LogP contribution >= 0.6 is 0 Å². The monoisotopic (exact) mass is 292 g/mol. The molecule has 0 saturated heterocycles. The Bertz CT molecular complexity index is 536. The molecule has 21 heavy (non-hydrogen) atoms. The van der Waals surface area contributed by atoms with Crippen LogP contribution in [0.15, 0.2) is 18.2 Å². The molecule has 1 aromatic carbocycles. The third kappa shape index (κ3) is 3.51. The van der Waals surface area contributed by atoms with Gasteiger partial charge in [0.25, 0.3) is 5.69 Å². The van der Waals surface area contributed by atoms with Gasteiger partial charge in [0, 0.05) is 17.8 Å². The van der Waals surface area contributed by atoms with E-state index in [4.69, 9.17) is 5.73 Å². The molecular weight excluding hydrogens is 272 g/mol. The minimum atomic E-state index is -0.950. The molecule has 1 saturated carbocycles. The van der Waals surface area contributed by atoms with Crippen LogP contribution in [0.2, 0.25) is 0 Å². The predicted molar refractivity (Wildman–Crippen MR) is 79.1 cm³/mol. The van der Waals surface area contributed by atoms with E-state index in [9.17, 15) is 20.0 Å². The van der Waals surface area contributed by atoms with Gasteiger partial charge < -0.3 is 10.8 Å². The molecule has 0 aromatic heterocycles. The van der Waals surface area contributed by atoms with Crippen molar-refractivity contribution < 1.29 is 14.8 Å². The van der Waals surface area contributed by atoms with Crippen LogP contribution in [-0.4, -0.2) is 16.0 Å². The zero-order valence-electron chi connectivity index (χ0n) is 11.8. The second-order valence-corrected chi connectivity index (χ2v) is 5.64. The Hall–Kier alpha value is -2.11. The van der Waals surface area contributed by atoms with Gasteiger partial charge in [-0.2, -0.15) is 0 Å². The lowest BCUT2D eigenvalue weighted by Crippen LogP contribution is -2.22. The number of nitrogens with zero attached hydrogens (tertiary/aromatic N) is 1. The summed E-state index contributed by atoms with van der Waals surface area (Å²) in [5.41, 5.74) is 6.47. The highest BCUT2D eigenvalue weighted by atomic mass is 16.6. The van der Waals surface area contributed by atoms with E-state index in [-0.39, 0.29) is 11.6 Å². The van der Waals surface area contributed by atoms with Gasteiger partial charge in [0.05, 0.1) is 10.8 Å². The second-order valence-electron chi connectivity index (χ2n) is 5.64. The standard InChI is InChI=1S/C15H20N2O4/c16-13-8-7-11(17(20)21)9-12(13)14(15(18)19)10-5-3-1-2-4-6-10/h7-10,14H,1-6,16H2,(H,18,19). The van der Waals surface area contributed by atoms with Crippen LogP contribution < -0.4 is 5.73 Å². The number of hydrogen-bond donors (Lipinski definition) is 2. The van der Waals surface area contributed by atoms with Crippen molar-refractivity contribution in [2.24, 2.45) is 5.92 Å². The number of anilines is 1. The van der Waals surface area contributed by atoms with Gasteiger partial charge >= 0.3 is 5.97 Å². The summed E-state index contributed by atoms with van der Waals surface area (Å²) in [6.07, 6.45) is 5.91. The van der Waals surface area contributed by atoms with Crippen LogP contribution in [0.25, 0.3) is 0 Å². The highest BCUT2D eigenvalue weighted by molar-refractivity contribution is 5.79. The fourth-order valence-electron chi connectivity index (χ4n) is 3.18. The Morgan fingerprint density at radius 1 is 1.29 bits per heavy atom. The van der Waals surface area contributed by atoms with Gasteiger partial charge in [0.2, 0.25) is 0 Å². The molecule has 3 N–H and O–H groups in total. The Kier molecular flexibility index (Phi) is 4.77. The highest BCUT2D eigenvalue weighted by Crippen LogP contribution is 2.38. The largest absolute Gasteiger partial charge is 0.481 e. The number of nitro benzene ring substituents is 1. The maximum atomic E-state index is 11.7. The van der Waals surface area contributed by atoms with Crippen molar-refractivity contribution in [2.75, 3.05) is 5.73 Å². The number of nitro groups is 1. The molecule has 0 heterocycles. The van der Waals surface area contributed by atoms with E-state index in [1.54, 1.807) is 0 Å². The molecular formula is C15H20N2O4.